The summed E-state index contributed by atoms with van der Waals surface area (Å²) in [4.78, 5) is 0. The van der Waals surface area contributed by atoms with Crippen molar-refractivity contribution < 1.29 is 4.39 Å². The van der Waals surface area contributed by atoms with Gasteiger partial charge in [0.05, 0.1) is 30.8 Å². The van der Waals surface area contributed by atoms with Crippen LogP contribution < -0.4 is 41.9 Å². The minimum Gasteiger partial charge on any atom is -0.203 e. The van der Waals surface area contributed by atoms with Crippen LogP contribution in [-0.2, 0) is 6.54 Å². The van der Waals surface area contributed by atoms with Gasteiger partial charge in [-0.25, -0.2) is 4.39 Å². The first-order valence-electron chi connectivity index (χ1n) is 30.7. The second-order valence-electron chi connectivity index (χ2n) is 22.6. The van der Waals surface area contributed by atoms with E-state index in [1.807, 2.05) is 6.07 Å². The summed E-state index contributed by atoms with van der Waals surface area (Å²) >= 11 is 0. The Morgan fingerprint density at radius 2 is 0.662 bits per heavy atom. The first-order valence-corrected chi connectivity index (χ1v) is 42.4. The molecule has 0 radical (unpaired) electrons. The van der Waals surface area contributed by atoms with Gasteiger partial charge in [-0.3, -0.25) is 0 Å². The van der Waals surface area contributed by atoms with Crippen molar-refractivity contribution in [3.8, 4) is 0 Å². The predicted octanol–water partition coefficient (Wildman–Crippen LogP) is 18.7. The van der Waals surface area contributed by atoms with Crippen LogP contribution in [0, 0.1) is 5.82 Å². The van der Waals surface area contributed by atoms with Crippen molar-refractivity contribution >= 4 is 75.7 Å². The van der Waals surface area contributed by atoms with E-state index in [0.29, 0.717) is 6.54 Å². The van der Waals surface area contributed by atoms with Gasteiger partial charge in [0.1, 0.15) is 12.9 Å². The Hall–Kier alpha value is -2.50. The van der Waals surface area contributed by atoms with Crippen LogP contribution in [0.3, 0.4) is 0 Å². The van der Waals surface area contributed by atoms with Crippen molar-refractivity contribution in [3.63, 3.8) is 0 Å². The maximum absolute atomic E-state index is 17.7. The Morgan fingerprint density at radius 1 is 0.365 bits per heavy atom. The number of halogens is 1. The maximum Gasteiger partial charge on any atom is 0.176 e. The van der Waals surface area contributed by atoms with Gasteiger partial charge in [0, 0.05) is 10.6 Å². The second kappa shape index (κ2) is 33.1. The zero-order valence-electron chi connectivity index (χ0n) is 48.7. The molecule has 406 valence electrons. The fraction of sp³-hybridized carbons (Fsp3) is 0.552. The molecule has 0 heterocycles. The molecule has 0 fully saturated rings. The van der Waals surface area contributed by atoms with Crippen molar-refractivity contribution in [3.05, 3.63) is 139 Å². The number of hydrogen-bond donors (Lipinski definition) is 1. The quantitative estimate of drug-likeness (QED) is 0.0307. The highest BCUT2D eigenvalue weighted by molar-refractivity contribution is 8.49. The molecule has 1 unspecified atom stereocenters. The van der Waals surface area contributed by atoms with Crippen LogP contribution >= 0.6 is 14.7 Å². The molecular formula is C67H105FNP2Si3+. The van der Waals surface area contributed by atoms with E-state index >= 15 is 4.39 Å². The van der Waals surface area contributed by atoms with Crippen LogP contribution in [0.2, 0.25) is 54.4 Å². The number of nitrogens with one attached hydrogen (secondary N) is 1. The summed E-state index contributed by atoms with van der Waals surface area (Å²) < 4.78 is 17.7. The lowest BCUT2D eigenvalue weighted by molar-refractivity contribution is 0.636. The fourth-order valence-electron chi connectivity index (χ4n) is 12.6. The molecule has 1 nitrogen and oxygen atoms in total. The van der Waals surface area contributed by atoms with E-state index in [0.717, 1.165) is 5.30 Å². The Balaban J connectivity index is 1.90. The third-order valence-corrected chi connectivity index (χ3v) is 43.6. The highest BCUT2D eigenvalue weighted by atomic mass is 32.1. The van der Waals surface area contributed by atoms with Crippen LogP contribution in [0.4, 0.5) is 4.39 Å². The fourth-order valence-corrected chi connectivity index (χ4v) is 39.9. The Labute approximate surface area is 460 Å². The third-order valence-electron chi connectivity index (χ3n) is 17.2. The zero-order chi connectivity index (χ0) is 53.1. The van der Waals surface area contributed by atoms with E-state index in [9.17, 15) is 0 Å². The van der Waals surface area contributed by atoms with Crippen LogP contribution in [-0.4, -0.2) is 24.2 Å². The highest BCUT2D eigenvalue weighted by Crippen LogP contribution is 2.78. The van der Waals surface area contributed by atoms with Crippen LogP contribution in [0.25, 0.3) is 0 Å². The lowest BCUT2D eigenvalue weighted by atomic mass is 10.2. The molecule has 5 aromatic rings. The predicted molar refractivity (Wildman–Crippen MR) is 345 cm³/mol. The number of rotatable bonds is 38. The van der Waals surface area contributed by atoms with E-state index in [1.165, 1.54) is 191 Å². The molecule has 74 heavy (non-hydrogen) atoms. The number of benzene rings is 5. The smallest absolute Gasteiger partial charge is 0.176 e. The van der Waals surface area contributed by atoms with E-state index in [2.05, 4.69) is 183 Å². The molecule has 0 aliphatic carbocycles. The van der Waals surface area contributed by atoms with Gasteiger partial charge in [-0.2, -0.15) is 5.09 Å². The van der Waals surface area contributed by atoms with E-state index < -0.39 is 38.9 Å². The van der Waals surface area contributed by atoms with Crippen molar-refractivity contribution in [2.75, 3.05) is 0 Å². The molecule has 0 amide bonds. The molecule has 1 atom stereocenters. The summed E-state index contributed by atoms with van der Waals surface area (Å²) in [5.74, 6) is -0.0842. The van der Waals surface area contributed by atoms with Gasteiger partial charge in [0.15, 0.2) is 18.2 Å². The van der Waals surface area contributed by atoms with Crippen LogP contribution in [0.5, 0.6) is 0 Å². The molecule has 5 aromatic carbocycles. The molecular weight excluding hydrogens is 984 g/mol. The standard InChI is InChI=1S/C67H105FNP2Si3/c1-10-19-49-72(50-20-11-2,51-21-12-3)63-43-37-60(38-44-63)70(61-39-45-64(46-40-61)73(52-22-13-4,53-23-14-5)54-24-15-6)71(67-36-32-31-35-66(67)68,69-58-59-33-29-28-30-34-59)62-41-47-65(48-42-62)74(55-25-16-7,56-26-17-8)57-27-18-9/h28-48,69H,10-27,49-58H2,1-9H3/q+1. The van der Waals surface area contributed by atoms with E-state index in [1.54, 1.807) is 21.6 Å². The van der Waals surface area contributed by atoms with Crippen molar-refractivity contribution in [1.82, 2.24) is 5.09 Å². The maximum atomic E-state index is 17.7. The lowest BCUT2D eigenvalue weighted by Gasteiger charge is -2.37. The zero-order valence-corrected chi connectivity index (χ0v) is 53.5. The van der Waals surface area contributed by atoms with Crippen molar-refractivity contribution in [2.45, 2.75) is 239 Å². The minimum atomic E-state index is -2.83. The van der Waals surface area contributed by atoms with Gasteiger partial charge in [0.2, 0.25) is 0 Å². The van der Waals surface area contributed by atoms with Crippen LogP contribution in [0.1, 0.15) is 183 Å². The van der Waals surface area contributed by atoms with Gasteiger partial charge >= 0.3 is 0 Å². The SMILES string of the molecule is CCCC[Si](CCCC)(CCCC)c1ccc(P(c2ccc([Si](CCCC)(CCCC)CCCC)cc2)[P+](NCc2ccccc2)(c2ccc([Si](CCCC)(CCCC)CCCC)cc2)c2ccccc2F)cc1. The van der Waals surface area contributed by atoms with Gasteiger partial charge in [-0.1, -0.05) is 351 Å². The summed E-state index contributed by atoms with van der Waals surface area (Å²) in [6.07, 6.45) is 23.1. The van der Waals surface area contributed by atoms with Gasteiger partial charge in [0.25, 0.3) is 0 Å². The lowest BCUT2D eigenvalue weighted by Crippen LogP contribution is -2.48. The molecule has 0 aromatic heterocycles. The van der Waals surface area contributed by atoms with E-state index in [4.69, 9.17) is 0 Å². The Kier molecular flexibility index (Phi) is 27.8. The molecule has 0 aliphatic heterocycles. The summed E-state index contributed by atoms with van der Waals surface area (Å²) in [6, 6.07) is 62.4. The Bertz CT molecular complexity index is 2130. The second-order valence-corrected chi connectivity index (χ2v) is 43.8. The topological polar surface area (TPSA) is 12.0 Å². The van der Waals surface area contributed by atoms with Gasteiger partial charge in [-0.15, -0.1) is 0 Å². The first kappa shape index (κ1) is 62.3. The minimum absolute atomic E-state index is 0.0842. The average molecular weight is 1090 g/mol. The molecule has 0 spiro atoms. The molecule has 0 saturated heterocycles. The molecule has 1 N–H and O–H groups in total. The third kappa shape index (κ3) is 16.3. The van der Waals surface area contributed by atoms with Gasteiger partial charge < -0.3 is 0 Å². The largest absolute Gasteiger partial charge is 0.203 e. The molecule has 0 saturated carbocycles. The monoisotopic (exact) mass is 1090 g/mol. The number of unbranched alkanes of at least 4 members (excludes halogenated alkanes) is 9. The molecule has 7 heteroatoms. The number of hydrogen-bond acceptors (Lipinski definition) is 1. The summed E-state index contributed by atoms with van der Waals surface area (Å²) in [5, 5.41) is 14.3. The summed E-state index contributed by atoms with van der Waals surface area (Å²) in [5.41, 5.74) is 1.24. The molecule has 0 bridgehead atoms. The average Bonchev–Trinajstić information content (AvgIpc) is 3.44. The van der Waals surface area contributed by atoms with Gasteiger partial charge in [-0.05, 0) is 29.8 Å². The van der Waals surface area contributed by atoms with Crippen LogP contribution in [0.15, 0.2) is 127 Å². The molecule has 5 rings (SSSR count). The first-order chi connectivity index (χ1) is 36.1. The highest BCUT2D eigenvalue weighted by Gasteiger charge is 2.55. The summed E-state index contributed by atoms with van der Waals surface area (Å²) in [6.45, 7) is 22.1. The van der Waals surface area contributed by atoms with Crippen molar-refractivity contribution in [2.24, 2.45) is 0 Å². The molecule has 0 aliphatic rings. The van der Waals surface area contributed by atoms with Crippen molar-refractivity contribution in [1.29, 1.82) is 0 Å². The summed E-state index contributed by atoms with van der Waals surface area (Å²) in [7, 11) is -9.39. The van der Waals surface area contributed by atoms with E-state index in [-0.39, 0.29) is 5.82 Å². The normalized spacial score (nSPS) is 13.2. The Morgan fingerprint density at radius 3 is 0.973 bits per heavy atom.